The molecule has 0 saturated heterocycles. The smallest absolute Gasteiger partial charge is 0.330 e. The van der Waals surface area contributed by atoms with Crippen molar-refractivity contribution in [3.05, 3.63) is 46.6 Å². The monoisotopic (exact) mass is 499 g/mol. The van der Waals surface area contributed by atoms with Crippen LogP contribution in [-0.4, -0.2) is 56.3 Å². The SMILES string of the molecule is COC(=O)/C=C(\C)CNc1nc(Nc2ccc(S(=O)(=O)NCCO)cc2)ncc1Br. The van der Waals surface area contributed by atoms with Crippen molar-refractivity contribution in [3.8, 4) is 0 Å². The number of benzene rings is 1. The lowest BCUT2D eigenvalue weighted by molar-refractivity contribution is -0.134. The van der Waals surface area contributed by atoms with Crippen LogP contribution in [-0.2, 0) is 19.6 Å². The summed E-state index contributed by atoms with van der Waals surface area (Å²) in [6.07, 6.45) is 2.95. The maximum absolute atomic E-state index is 12.0. The fourth-order valence-electron chi connectivity index (χ4n) is 2.20. The lowest BCUT2D eigenvalue weighted by Gasteiger charge is -2.11. The Kier molecular flexibility index (Phi) is 8.72. The highest BCUT2D eigenvalue weighted by atomic mass is 79.9. The van der Waals surface area contributed by atoms with Gasteiger partial charge in [-0.25, -0.2) is 22.9 Å². The molecule has 0 radical (unpaired) electrons. The number of hydrogen-bond acceptors (Lipinski definition) is 9. The Hall–Kier alpha value is -2.54. The number of nitrogens with one attached hydrogen (secondary N) is 3. The van der Waals surface area contributed by atoms with Crippen LogP contribution in [0.4, 0.5) is 17.5 Å². The third-order valence-corrected chi connectivity index (χ3v) is 5.73. The van der Waals surface area contributed by atoms with Crippen LogP contribution in [0, 0.1) is 0 Å². The van der Waals surface area contributed by atoms with Crippen molar-refractivity contribution in [3.63, 3.8) is 0 Å². The van der Waals surface area contributed by atoms with Crippen LogP contribution in [0.2, 0.25) is 0 Å². The molecule has 1 aromatic heterocycles. The summed E-state index contributed by atoms with van der Waals surface area (Å²) < 4.78 is 31.6. The quantitative estimate of drug-likeness (QED) is 0.284. The highest BCUT2D eigenvalue weighted by Crippen LogP contribution is 2.23. The van der Waals surface area contributed by atoms with Crippen LogP contribution in [0.5, 0.6) is 0 Å². The van der Waals surface area contributed by atoms with E-state index in [1.807, 2.05) is 0 Å². The molecule has 0 aliphatic rings. The minimum Gasteiger partial charge on any atom is -0.466 e. The molecule has 0 aliphatic heterocycles. The Morgan fingerprint density at radius 1 is 1.30 bits per heavy atom. The van der Waals surface area contributed by atoms with Crippen molar-refractivity contribution in [1.82, 2.24) is 14.7 Å². The van der Waals surface area contributed by atoms with E-state index in [2.05, 4.69) is 46.0 Å². The number of carbonyl (C=O) groups is 1. The Bertz CT molecular complexity index is 1010. The molecule has 0 saturated carbocycles. The molecule has 30 heavy (non-hydrogen) atoms. The topological polar surface area (TPSA) is 143 Å². The van der Waals surface area contributed by atoms with Crippen molar-refractivity contribution in [2.75, 3.05) is 37.4 Å². The van der Waals surface area contributed by atoms with Crippen molar-refractivity contribution in [2.45, 2.75) is 11.8 Å². The number of rotatable bonds is 10. The van der Waals surface area contributed by atoms with Gasteiger partial charge < -0.3 is 20.5 Å². The van der Waals surface area contributed by atoms with E-state index >= 15 is 0 Å². The van der Waals surface area contributed by atoms with Gasteiger partial charge >= 0.3 is 5.97 Å². The second kappa shape index (κ2) is 11.0. The molecule has 0 spiro atoms. The van der Waals surface area contributed by atoms with Gasteiger partial charge in [-0.05, 0) is 52.7 Å². The van der Waals surface area contributed by atoms with Gasteiger partial charge in [0.25, 0.3) is 0 Å². The predicted molar refractivity (Wildman–Crippen MR) is 116 cm³/mol. The number of aliphatic hydroxyl groups is 1. The molecule has 2 aromatic rings. The Morgan fingerprint density at radius 2 is 2.00 bits per heavy atom. The van der Waals surface area contributed by atoms with Crippen molar-refractivity contribution >= 4 is 49.4 Å². The predicted octanol–water partition coefficient (Wildman–Crippen LogP) is 1.78. The summed E-state index contributed by atoms with van der Waals surface area (Å²) in [6.45, 7) is 1.81. The minimum absolute atomic E-state index is 0.0564. The summed E-state index contributed by atoms with van der Waals surface area (Å²) >= 11 is 3.36. The van der Waals surface area contributed by atoms with Gasteiger partial charge in [-0.2, -0.15) is 4.98 Å². The Labute approximate surface area is 183 Å². The number of aliphatic hydroxyl groups excluding tert-OH is 1. The second-order valence-corrected chi connectivity index (χ2v) is 8.65. The molecule has 0 unspecified atom stereocenters. The fourth-order valence-corrected chi connectivity index (χ4v) is 3.55. The van der Waals surface area contributed by atoms with Crippen LogP contribution in [0.3, 0.4) is 0 Å². The zero-order chi connectivity index (χ0) is 22.1. The first kappa shape index (κ1) is 23.7. The van der Waals surface area contributed by atoms with E-state index in [9.17, 15) is 13.2 Å². The molecule has 12 heteroatoms. The molecule has 0 fully saturated rings. The van der Waals surface area contributed by atoms with Gasteiger partial charge in [-0.15, -0.1) is 0 Å². The average Bonchev–Trinajstić information content (AvgIpc) is 2.73. The number of halogens is 1. The van der Waals surface area contributed by atoms with Crippen LogP contribution in [0.1, 0.15) is 6.92 Å². The number of methoxy groups -OCH3 is 1. The average molecular weight is 500 g/mol. The molecule has 1 heterocycles. The number of hydrogen-bond donors (Lipinski definition) is 4. The van der Waals surface area contributed by atoms with Crippen LogP contribution in [0.25, 0.3) is 0 Å². The molecule has 162 valence electrons. The Morgan fingerprint density at radius 3 is 2.63 bits per heavy atom. The van der Waals surface area contributed by atoms with Gasteiger partial charge in [0.1, 0.15) is 5.82 Å². The summed E-state index contributed by atoms with van der Waals surface area (Å²) in [5, 5.41) is 14.9. The summed E-state index contributed by atoms with van der Waals surface area (Å²) in [7, 11) is -2.36. The van der Waals surface area contributed by atoms with E-state index in [1.165, 1.54) is 25.3 Å². The van der Waals surface area contributed by atoms with Crippen LogP contribution < -0.4 is 15.4 Å². The molecular weight excluding hydrogens is 478 g/mol. The third kappa shape index (κ3) is 7.06. The summed E-state index contributed by atoms with van der Waals surface area (Å²) in [6, 6.07) is 6.02. The first-order chi connectivity index (χ1) is 14.2. The number of ether oxygens (including phenoxy) is 1. The molecule has 0 amide bonds. The fraction of sp³-hybridized carbons (Fsp3) is 0.278. The van der Waals surface area contributed by atoms with E-state index < -0.39 is 16.0 Å². The molecule has 0 aliphatic carbocycles. The highest BCUT2D eigenvalue weighted by Gasteiger charge is 2.13. The van der Waals surface area contributed by atoms with Crippen molar-refractivity contribution in [1.29, 1.82) is 0 Å². The minimum atomic E-state index is -3.67. The number of carbonyl (C=O) groups excluding carboxylic acids is 1. The van der Waals surface area contributed by atoms with Crippen molar-refractivity contribution in [2.24, 2.45) is 0 Å². The summed E-state index contributed by atoms with van der Waals surface area (Å²) in [5.74, 6) is 0.372. The number of esters is 1. The zero-order valence-electron chi connectivity index (χ0n) is 16.3. The van der Waals surface area contributed by atoms with Gasteiger partial charge in [0.15, 0.2) is 0 Å². The van der Waals surface area contributed by atoms with Gasteiger partial charge in [-0.3, -0.25) is 0 Å². The van der Waals surface area contributed by atoms with Crippen LogP contribution >= 0.6 is 15.9 Å². The highest BCUT2D eigenvalue weighted by molar-refractivity contribution is 9.10. The van der Waals surface area contributed by atoms with Gasteiger partial charge in [0.2, 0.25) is 16.0 Å². The maximum Gasteiger partial charge on any atom is 0.330 e. The molecule has 10 nitrogen and oxygen atoms in total. The van der Waals surface area contributed by atoms with Gasteiger partial charge in [0.05, 0.1) is 23.1 Å². The molecule has 1 aromatic carbocycles. The standard InChI is InChI=1S/C18H22BrN5O5S/c1-12(9-16(26)29-2)10-20-17-15(19)11-21-18(24-17)23-13-3-5-14(6-4-13)30(27,28)22-7-8-25/h3-6,9,11,22,25H,7-8,10H2,1-2H3,(H2,20,21,23,24)/b12-9+. The number of anilines is 3. The molecule has 0 atom stereocenters. The van der Waals surface area contributed by atoms with E-state index in [-0.39, 0.29) is 18.0 Å². The van der Waals surface area contributed by atoms with E-state index in [4.69, 9.17) is 5.11 Å². The molecule has 4 N–H and O–H groups in total. The van der Waals surface area contributed by atoms with E-state index in [0.717, 1.165) is 5.57 Å². The molecule has 0 bridgehead atoms. The first-order valence-electron chi connectivity index (χ1n) is 8.74. The Balaban J connectivity index is 2.08. The van der Waals surface area contributed by atoms with Gasteiger partial charge in [0, 0.05) is 31.0 Å². The molecule has 2 rings (SSSR count). The van der Waals surface area contributed by atoms with Crippen LogP contribution in [0.15, 0.2) is 51.5 Å². The summed E-state index contributed by atoms with van der Waals surface area (Å²) in [5.41, 5.74) is 1.35. The lowest BCUT2D eigenvalue weighted by Crippen LogP contribution is -2.26. The number of sulfonamides is 1. The largest absolute Gasteiger partial charge is 0.466 e. The van der Waals surface area contributed by atoms with E-state index in [0.29, 0.717) is 28.5 Å². The normalized spacial score (nSPS) is 11.8. The number of aromatic nitrogens is 2. The summed E-state index contributed by atoms with van der Waals surface area (Å²) in [4.78, 5) is 19.9. The third-order valence-electron chi connectivity index (χ3n) is 3.67. The zero-order valence-corrected chi connectivity index (χ0v) is 18.7. The van der Waals surface area contributed by atoms with E-state index in [1.54, 1.807) is 25.3 Å². The second-order valence-electron chi connectivity index (χ2n) is 6.03. The lowest BCUT2D eigenvalue weighted by atomic mass is 10.3. The number of nitrogens with zero attached hydrogens (tertiary/aromatic N) is 2. The first-order valence-corrected chi connectivity index (χ1v) is 11.0. The maximum atomic E-state index is 12.0. The molecular formula is C18H22BrN5O5S. The van der Waals surface area contributed by atoms with Gasteiger partial charge in [-0.1, -0.05) is 0 Å². The van der Waals surface area contributed by atoms with Crippen molar-refractivity contribution < 1.29 is 23.1 Å².